The molecule has 1 unspecified atom stereocenters. The zero-order valence-electron chi connectivity index (χ0n) is 10.7. The SMILES string of the molecule is O=C(O)C1Cc2ccccc2N1Cc1cncc(Br)c1. The average molecular weight is 333 g/mol. The molecule has 2 aromatic rings. The molecule has 1 N–H and O–H groups in total. The predicted molar refractivity (Wildman–Crippen MR) is 79.7 cm³/mol. The molecular weight excluding hydrogens is 320 g/mol. The van der Waals surface area contributed by atoms with Gasteiger partial charge in [-0.3, -0.25) is 4.98 Å². The van der Waals surface area contributed by atoms with Gasteiger partial charge in [0.15, 0.2) is 0 Å². The maximum Gasteiger partial charge on any atom is 0.326 e. The molecule has 1 atom stereocenters. The van der Waals surface area contributed by atoms with Gasteiger partial charge in [-0.25, -0.2) is 4.79 Å². The van der Waals surface area contributed by atoms with Crippen molar-refractivity contribution in [2.75, 3.05) is 4.90 Å². The maximum absolute atomic E-state index is 11.5. The maximum atomic E-state index is 11.5. The van der Waals surface area contributed by atoms with E-state index in [4.69, 9.17) is 0 Å². The molecule has 0 bridgehead atoms. The molecule has 1 aliphatic heterocycles. The van der Waals surface area contributed by atoms with Crippen molar-refractivity contribution in [3.05, 3.63) is 58.3 Å². The monoisotopic (exact) mass is 332 g/mol. The highest BCUT2D eigenvalue weighted by Gasteiger charge is 2.34. The van der Waals surface area contributed by atoms with Crippen molar-refractivity contribution in [3.8, 4) is 0 Å². The van der Waals surface area contributed by atoms with Gasteiger partial charge in [0.1, 0.15) is 6.04 Å². The molecule has 5 heteroatoms. The number of para-hydroxylation sites is 1. The van der Waals surface area contributed by atoms with Crippen LogP contribution in [0.5, 0.6) is 0 Å². The van der Waals surface area contributed by atoms with Crippen molar-refractivity contribution in [1.82, 2.24) is 4.98 Å². The van der Waals surface area contributed by atoms with Crippen LogP contribution in [-0.4, -0.2) is 22.1 Å². The van der Waals surface area contributed by atoms with Gasteiger partial charge in [-0.2, -0.15) is 0 Å². The highest BCUT2D eigenvalue weighted by atomic mass is 79.9. The van der Waals surface area contributed by atoms with Crippen LogP contribution in [0, 0.1) is 0 Å². The molecule has 1 aromatic carbocycles. The molecule has 4 nitrogen and oxygen atoms in total. The molecule has 0 radical (unpaired) electrons. The highest BCUT2D eigenvalue weighted by Crippen LogP contribution is 2.33. The lowest BCUT2D eigenvalue weighted by molar-refractivity contribution is -0.138. The Hall–Kier alpha value is -1.88. The smallest absolute Gasteiger partial charge is 0.326 e. The van der Waals surface area contributed by atoms with E-state index in [1.807, 2.05) is 35.2 Å². The number of carbonyl (C=O) groups is 1. The van der Waals surface area contributed by atoms with E-state index < -0.39 is 12.0 Å². The summed E-state index contributed by atoms with van der Waals surface area (Å²) < 4.78 is 0.898. The molecule has 20 heavy (non-hydrogen) atoms. The lowest BCUT2D eigenvalue weighted by Crippen LogP contribution is -2.38. The van der Waals surface area contributed by atoms with Crippen LogP contribution in [-0.2, 0) is 17.8 Å². The lowest BCUT2D eigenvalue weighted by atomic mass is 10.1. The van der Waals surface area contributed by atoms with Crippen LogP contribution in [0.15, 0.2) is 47.2 Å². The Labute approximate surface area is 125 Å². The van der Waals surface area contributed by atoms with Gasteiger partial charge in [-0.15, -0.1) is 0 Å². The highest BCUT2D eigenvalue weighted by molar-refractivity contribution is 9.10. The zero-order valence-corrected chi connectivity index (χ0v) is 12.2. The second kappa shape index (κ2) is 5.25. The molecule has 0 saturated carbocycles. The summed E-state index contributed by atoms with van der Waals surface area (Å²) in [6.07, 6.45) is 4.04. The van der Waals surface area contributed by atoms with Crippen molar-refractivity contribution >= 4 is 27.6 Å². The van der Waals surface area contributed by atoms with E-state index in [2.05, 4.69) is 20.9 Å². The van der Waals surface area contributed by atoms with Crippen molar-refractivity contribution in [2.45, 2.75) is 19.0 Å². The third-order valence-corrected chi connectivity index (χ3v) is 3.92. The van der Waals surface area contributed by atoms with Crippen molar-refractivity contribution < 1.29 is 9.90 Å². The summed E-state index contributed by atoms with van der Waals surface area (Å²) in [7, 11) is 0. The topological polar surface area (TPSA) is 53.4 Å². The number of halogens is 1. The van der Waals surface area contributed by atoms with Gasteiger partial charge in [0.05, 0.1) is 0 Å². The lowest BCUT2D eigenvalue weighted by Gasteiger charge is -2.24. The van der Waals surface area contributed by atoms with E-state index in [-0.39, 0.29) is 0 Å². The number of pyridine rings is 1. The summed E-state index contributed by atoms with van der Waals surface area (Å²) in [6.45, 7) is 0.542. The van der Waals surface area contributed by atoms with Crippen molar-refractivity contribution in [1.29, 1.82) is 0 Å². The number of fused-ring (bicyclic) bond motifs is 1. The second-order valence-electron chi connectivity index (χ2n) is 4.83. The van der Waals surface area contributed by atoms with Crippen molar-refractivity contribution in [2.24, 2.45) is 0 Å². The number of hydrogen-bond acceptors (Lipinski definition) is 3. The summed E-state index contributed by atoms with van der Waals surface area (Å²) in [6, 6.07) is 9.31. The first-order valence-electron chi connectivity index (χ1n) is 6.32. The van der Waals surface area contributed by atoms with Gasteiger partial charge in [0, 0.05) is 35.5 Å². The summed E-state index contributed by atoms with van der Waals surface area (Å²) in [4.78, 5) is 17.5. The van der Waals surface area contributed by atoms with Crippen LogP contribution < -0.4 is 4.90 Å². The van der Waals surface area contributed by atoms with Gasteiger partial charge in [-0.1, -0.05) is 18.2 Å². The normalized spacial score (nSPS) is 17.1. The quantitative estimate of drug-likeness (QED) is 0.938. The molecule has 0 aliphatic carbocycles. The number of rotatable bonds is 3. The molecule has 3 rings (SSSR count). The van der Waals surface area contributed by atoms with Gasteiger partial charge < -0.3 is 10.0 Å². The molecule has 1 aliphatic rings. The Balaban J connectivity index is 1.94. The Morgan fingerprint density at radius 2 is 2.20 bits per heavy atom. The van der Waals surface area contributed by atoms with Crippen LogP contribution in [0.2, 0.25) is 0 Å². The predicted octanol–water partition coefficient (Wildman–Crippen LogP) is 2.86. The van der Waals surface area contributed by atoms with Crippen LogP contribution in [0.25, 0.3) is 0 Å². The third kappa shape index (κ3) is 2.41. The van der Waals surface area contributed by atoms with E-state index in [1.54, 1.807) is 12.4 Å². The number of carboxylic acids is 1. The van der Waals surface area contributed by atoms with E-state index in [9.17, 15) is 9.90 Å². The Morgan fingerprint density at radius 1 is 1.40 bits per heavy atom. The minimum absolute atomic E-state index is 0.508. The number of benzene rings is 1. The van der Waals surface area contributed by atoms with Crippen molar-refractivity contribution in [3.63, 3.8) is 0 Å². The van der Waals surface area contributed by atoms with Gasteiger partial charge in [0.25, 0.3) is 0 Å². The molecule has 0 spiro atoms. The summed E-state index contributed by atoms with van der Waals surface area (Å²) in [5.74, 6) is -0.788. The fourth-order valence-corrected chi connectivity index (χ4v) is 3.02. The first-order valence-corrected chi connectivity index (χ1v) is 7.11. The standard InChI is InChI=1S/C15H13BrN2O2/c16-12-5-10(7-17-8-12)9-18-13-4-2-1-3-11(13)6-14(18)15(19)20/h1-5,7-8,14H,6,9H2,(H,19,20). The van der Waals surface area contributed by atoms with E-state index in [0.717, 1.165) is 21.3 Å². The van der Waals surface area contributed by atoms with E-state index in [0.29, 0.717) is 13.0 Å². The largest absolute Gasteiger partial charge is 0.480 e. The fourth-order valence-electron chi connectivity index (χ4n) is 2.61. The number of hydrogen-bond donors (Lipinski definition) is 1. The van der Waals surface area contributed by atoms with Gasteiger partial charge in [-0.05, 0) is 39.2 Å². The first-order chi connectivity index (χ1) is 9.65. The fraction of sp³-hybridized carbons (Fsp3) is 0.200. The number of aliphatic carboxylic acids is 1. The number of nitrogens with zero attached hydrogens (tertiary/aromatic N) is 2. The molecule has 2 heterocycles. The number of aromatic nitrogens is 1. The van der Waals surface area contributed by atoms with Crippen LogP contribution in [0.1, 0.15) is 11.1 Å². The third-order valence-electron chi connectivity index (χ3n) is 3.49. The minimum Gasteiger partial charge on any atom is -0.480 e. The molecule has 0 saturated heterocycles. The second-order valence-corrected chi connectivity index (χ2v) is 5.74. The Bertz CT molecular complexity index is 660. The molecule has 102 valence electrons. The molecule has 0 fully saturated rings. The minimum atomic E-state index is -0.788. The van der Waals surface area contributed by atoms with Gasteiger partial charge >= 0.3 is 5.97 Å². The number of carboxylic acid groups (broad SMARTS) is 1. The molecule has 0 amide bonds. The summed E-state index contributed by atoms with van der Waals surface area (Å²) in [5.41, 5.74) is 3.07. The molecular formula is C15H13BrN2O2. The van der Waals surface area contributed by atoms with E-state index in [1.165, 1.54) is 0 Å². The van der Waals surface area contributed by atoms with Crippen LogP contribution in [0.3, 0.4) is 0 Å². The molecule has 1 aromatic heterocycles. The Kier molecular flexibility index (Phi) is 3.44. The van der Waals surface area contributed by atoms with E-state index >= 15 is 0 Å². The summed E-state index contributed by atoms with van der Waals surface area (Å²) >= 11 is 3.39. The zero-order chi connectivity index (χ0) is 14.1. The first kappa shape index (κ1) is 13.1. The average Bonchev–Trinajstić information content (AvgIpc) is 2.78. The van der Waals surface area contributed by atoms with Crippen LogP contribution in [0.4, 0.5) is 5.69 Å². The number of anilines is 1. The Morgan fingerprint density at radius 3 is 2.95 bits per heavy atom. The summed E-state index contributed by atoms with van der Waals surface area (Å²) in [5, 5.41) is 9.42. The van der Waals surface area contributed by atoms with Gasteiger partial charge in [0.2, 0.25) is 0 Å². The van der Waals surface area contributed by atoms with Crippen LogP contribution >= 0.6 is 15.9 Å².